The molecule has 0 aromatic heterocycles. The van der Waals surface area contributed by atoms with Crippen LogP contribution < -0.4 is 0 Å². The van der Waals surface area contributed by atoms with E-state index in [1.165, 1.54) is 69.9 Å². The molecule has 0 aromatic rings. The van der Waals surface area contributed by atoms with Gasteiger partial charge in [0.15, 0.2) is 0 Å². The topological polar surface area (TPSA) is 49.8 Å². The fourth-order valence-corrected chi connectivity index (χ4v) is 6.30. The third-order valence-corrected chi connectivity index (χ3v) is 8.12. The Morgan fingerprint density at radius 3 is 2.47 bits per heavy atom. The second kappa shape index (κ2) is 13.1. The molecule has 5 heteroatoms. The van der Waals surface area contributed by atoms with Crippen LogP contribution in [-0.2, 0) is 9.53 Å². The van der Waals surface area contributed by atoms with E-state index in [1.54, 1.807) is 0 Å². The first-order valence-electron chi connectivity index (χ1n) is 12.2. The van der Waals surface area contributed by atoms with Crippen LogP contribution in [0, 0.1) is 17.3 Å². The molecule has 0 aromatic carbocycles. The van der Waals surface area contributed by atoms with Crippen molar-refractivity contribution < 1.29 is 14.7 Å². The van der Waals surface area contributed by atoms with Gasteiger partial charge in [-0.15, -0.1) is 0 Å². The quantitative estimate of drug-likeness (QED) is 0.137. The summed E-state index contributed by atoms with van der Waals surface area (Å²) in [5.74, 6) is 3.69. The molecule has 2 fully saturated rings. The van der Waals surface area contributed by atoms with E-state index >= 15 is 0 Å². The third kappa shape index (κ3) is 7.87. The zero-order chi connectivity index (χ0) is 22.0. The Bertz CT molecular complexity index is 534. The number of ether oxygens (including phenoxy) is 1. The highest BCUT2D eigenvalue weighted by Gasteiger charge is 2.47. The first kappa shape index (κ1) is 25.7. The number of nitrogens with zero attached hydrogens (tertiary/aromatic N) is 1. The van der Waals surface area contributed by atoms with E-state index in [0.717, 1.165) is 19.3 Å². The zero-order valence-corrected chi connectivity index (χ0v) is 20.6. The van der Waals surface area contributed by atoms with Gasteiger partial charge < -0.3 is 4.74 Å². The smallest absolute Gasteiger partial charge is 0.251 e. The number of thioether (sulfide) groups is 1. The van der Waals surface area contributed by atoms with Crippen molar-refractivity contribution in [3.05, 3.63) is 12.2 Å². The second-order valence-electron chi connectivity index (χ2n) is 9.92. The van der Waals surface area contributed by atoms with Gasteiger partial charge in [-0.3, -0.25) is 10.0 Å². The summed E-state index contributed by atoms with van der Waals surface area (Å²) in [5, 5.41) is 10.1. The molecule has 30 heavy (non-hydrogen) atoms. The highest BCUT2D eigenvalue weighted by Crippen LogP contribution is 2.46. The summed E-state index contributed by atoms with van der Waals surface area (Å²) in [6.07, 6.45) is 18.9. The Morgan fingerprint density at radius 2 is 1.77 bits per heavy atom. The van der Waals surface area contributed by atoms with E-state index in [4.69, 9.17) is 4.74 Å². The van der Waals surface area contributed by atoms with Crippen molar-refractivity contribution in [1.29, 1.82) is 0 Å². The van der Waals surface area contributed by atoms with Gasteiger partial charge in [0, 0.05) is 12.5 Å². The zero-order valence-electron chi connectivity index (χ0n) is 19.8. The number of fused-ring (bicyclic) bond motifs is 2. The third-order valence-electron chi connectivity index (χ3n) is 6.93. The van der Waals surface area contributed by atoms with Crippen molar-refractivity contribution in [2.75, 3.05) is 18.6 Å². The number of carbonyl (C=O) groups excluding carboxylic acids is 1. The molecule has 2 rings (SSSR count). The van der Waals surface area contributed by atoms with Crippen molar-refractivity contribution >= 4 is 17.7 Å². The average molecular weight is 440 g/mol. The number of hydrogen-bond donors (Lipinski definition) is 1. The number of rotatable bonds is 15. The van der Waals surface area contributed by atoms with Gasteiger partial charge in [0.2, 0.25) is 0 Å². The minimum absolute atomic E-state index is 0.222. The number of hydrogen-bond acceptors (Lipinski definition) is 4. The van der Waals surface area contributed by atoms with Gasteiger partial charge in [-0.2, -0.15) is 11.8 Å². The lowest BCUT2D eigenvalue weighted by atomic mass is 9.78. The summed E-state index contributed by atoms with van der Waals surface area (Å²) in [7, 11) is 1.40. The molecule has 2 heterocycles. The van der Waals surface area contributed by atoms with E-state index in [1.807, 2.05) is 13.8 Å². The van der Waals surface area contributed by atoms with Crippen molar-refractivity contribution in [2.24, 2.45) is 17.3 Å². The van der Waals surface area contributed by atoms with Crippen molar-refractivity contribution in [3.63, 3.8) is 0 Å². The number of amides is 1. The Labute approximate surface area is 189 Å². The minimum atomic E-state index is -0.529. The van der Waals surface area contributed by atoms with E-state index in [2.05, 4.69) is 30.8 Å². The molecule has 174 valence electrons. The second-order valence-corrected chi connectivity index (χ2v) is 11.1. The van der Waals surface area contributed by atoms with Gasteiger partial charge in [0.25, 0.3) is 5.91 Å². The van der Waals surface area contributed by atoms with Gasteiger partial charge in [0.05, 0.1) is 12.2 Å². The summed E-state index contributed by atoms with van der Waals surface area (Å²) in [6.45, 7) is 6.07. The molecule has 0 aliphatic carbocycles. The molecule has 2 aliphatic rings. The predicted octanol–water partition coefficient (Wildman–Crippen LogP) is 6.47. The standard InChI is InChI=1S/C25H45NO3S/c1-5-6-7-8-9-13-18-30-19-21-20(22-15-16-23(21)29-22)14-11-10-12-17-25(2,3)24(27)26(4)28/h10-11,20-23,28H,5-9,12-19H2,1-4H3/b11-10-/t20-,21+,22-,23+/m0/s1. The van der Waals surface area contributed by atoms with Gasteiger partial charge in [-0.25, -0.2) is 5.06 Å². The summed E-state index contributed by atoms with van der Waals surface area (Å²) in [4.78, 5) is 12.0. The Morgan fingerprint density at radius 1 is 1.10 bits per heavy atom. The van der Waals surface area contributed by atoms with Crippen LogP contribution in [0.15, 0.2) is 12.2 Å². The summed E-state index contributed by atoms with van der Waals surface area (Å²) < 4.78 is 6.26. The van der Waals surface area contributed by atoms with Gasteiger partial charge >= 0.3 is 0 Å². The number of hydroxylamine groups is 2. The van der Waals surface area contributed by atoms with Crippen LogP contribution in [0.1, 0.15) is 91.4 Å². The van der Waals surface area contributed by atoms with Crippen molar-refractivity contribution in [3.8, 4) is 0 Å². The maximum atomic E-state index is 12.0. The molecule has 1 amide bonds. The highest BCUT2D eigenvalue weighted by atomic mass is 32.2. The predicted molar refractivity (Wildman–Crippen MR) is 127 cm³/mol. The van der Waals surface area contributed by atoms with Crippen LogP contribution in [-0.4, -0.2) is 46.9 Å². The van der Waals surface area contributed by atoms with Crippen molar-refractivity contribution in [2.45, 2.75) is 104 Å². The molecule has 0 unspecified atom stereocenters. The fourth-order valence-electron chi connectivity index (χ4n) is 4.99. The summed E-state index contributed by atoms with van der Waals surface area (Å²) in [6, 6.07) is 0. The lowest BCUT2D eigenvalue weighted by Crippen LogP contribution is -2.36. The monoisotopic (exact) mass is 439 g/mol. The molecule has 4 nitrogen and oxygen atoms in total. The molecule has 2 bridgehead atoms. The summed E-state index contributed by atoms with van der Waals surface area (Å²) >= 11 is 2.14. The van der Waals surface area contributed by atoms with Crippen LogP contribution in [0.25, 0.3) is 0 Å². The lowest BCUT2D eigenvalue weighted by molar-refractivity contribution is -0.169. The fraction of sp³-hybridized carbons (Fsp3) is 0.880. The van der Waals surface area contributed by atoms with E-state index < -0.39 is 5.41 Å². The number of unbranched alkanes of at least 4 members (excludes halogenated alkanes) is 5. The maximum Gasteiger partial charge on any atom is 0.251 e. The average Bonchev–Trinajstić information content (AvgIpc) is 3.31. The molecule has 0 saturated carbocycles. The van der Waals surface area contributed by atoms with Crippen molar-refractivity contribution in [1.82, 2.24) is 5.06 Å². The SMILES string of the molecule is CCCCCCCCSC[C@@H]1[C@H](C/C=C\CCC(C)(C)C(=O)N(C)O)[C@@H]2CC[C@H]1O2. The lowest BCUT2D eigenvalue weighted by Gasteiger charge is -2.27. The molecule has 2 saturated heterocycles. The van der Waals surface area contributed by atoms with E-state index in [-0.39, 0.29) is 5.91 Å². The van der Waals surface area contributed by atoms with Crippen LogP contribution in [0.3, 0.4) is 0 Å². The highest BCUT2D eigenvalue weighted by molar-refractivity contribution is 7.99. The summed E-state index contributed by atoms with van der Waals surface area (Å²) in [5.41, 5.74) is -0.529. The van der Waals surface area contributed by atoms with Gasteiger partial charge in [0.1, 0.15) is 0 Å². The van der Waals surface area contributed by atoms with E-state index in [9.17, 15) is 10.0 Å². The number of allylic oxidation sites excluding steroid dienone is 2. The van der Waals surface area contributed by atoms with Crippen LogP contribution >= 0.6 is 11.8 Å². The first-order chi connectivity index (χ1) is 14.4. The molecular formula is C25H45NO3S. The maximum absolute atomic E-state index is 12.0. The molecule has 2 aliphatic heterocycles. The minimum Gasteiger partial charge on any atom is -0.374 e. The molecule has 1 N–H and O–H groups in total. The Kier molecular flexibility index (Phi) is 11.3. The van der Waals surface area contributed by atoms with Gasteiger partial charge in [-0.1, -0.05) is 65.0 Å². The Hall–Kier alpha value is -0.520. The Balaban J connectivity index is 1.67. The molecule has 0 spiro atoms. The van der Waals surface area contributed by atoms with E-state index in [0.29, 0.717) is 29.1 Å². The molecular weight excluding hydrogens is 394 g/mol. The normalized spacial score (nSPS) is 26.0. The van der Waals surface area contributed by atoms with Crippen LogP contribution in [0.5, 0.6) is 0 Å². The largest absolute Gasteiger partial charge is 0.374 e. The van der Waals surface area contributed by atoms with Crippen LogP contribution in [0.2, 0.25) is 0 Å². The molecule has 4 atom stereocenters. The number of carbonyl (C=O) groups is 1. The van der Waals surface area contributed by atoms with Crippen LogP contribution in [0.4, 0.5) is 0 Å². The molecule has 0 radical (unpaired) electrons. The first-order valence-corrected chi connectivity index (χ1v) is 13.4. The van der Waals surface area contributed by atoms with Gasteiger partial charge in [-0.05, 0) is 61.9 Å².